The molecule has 0 bridgehead atoms. The summed E-state index contributed by atoms with van der Waals surface area (Å²) in [5.41, 5.74) is -1.91. The highest BCUT2D eigenvalue weighted by Gasteiger charge is 2.69. The van der Waals surface area contributed by atoms with Crippen LogP contribution in [0.2, 0.25) is 0 Å². The second kappa shape index (κ2) is 14.2. The van der Waals surface area contributed by atoms with Crippen LogP contribution in [0.25, 0.3) is 0 Å². The molecule has 12 heteroatoms. The summed E-state index contributed by atoms with van der Waals surface area (Å²) in [5.74, 6) is -3.56. The average Bonchev–Trinajstić information content (AvgIpc) is 3.80. The first-order valence-corrected chi connectivity index (χ1v) is 18.0. The van der Waals surface area contributed by atoms with E-state index in [0.717, 1.165) is 25.7 Å². The van der Waals surface area contributed by atoms with E-state index in [4.69, 9.17) is 42.6 Å². The van der Waals surface area contributed by atoms with Crippen LogP contribution in [0.1, 0.15) is 87.5 Å². The summed E-state index contributed by atoms with van der Waals surface area (Å²) < 4.78 is 57.3. The first-order chi connectivity index (χ1) is 22.4. The van der Waals surface area contributed by atoms with E-state index in [1.54, 1.807) is 42.3 Å². The van der Waals surface area contributed by atoms with Gasteiger partial charge < -0.3 is 58.0 Å². The Morgan fingerprint density at radius 2 is 1.46 bits per heavy atom. The minimum atomic E-state index is -1.43. The van der Waals surface area contributed by atoms with Gasteiger partial charge in [-0.15, -0.1) is 0 Å². The van der Waals surface area contributed by atoms with Crippen molar-refractivity contribution in [3.05, 3.63) is 0 Å². The van der Waals surface area contributed by atoms with Crippen molar-refractivity contribution in [3.8, 4) is 0 Å². The number of rotatable bonds is 10. The second-order valence-electron chi connectivity index (χ2n) is 15.9. The molecule has 12 nitrogen and oxygen atoms in total. The number of aliphatic hydroxyl groups excluding tert-OH is 2. The molecule has 280 valence electrons. The Hall–Kier alpha value is -0.480. The zero-order valence-corrected chi connectivity index (χ0v) is 31.2. The Morgan fingerprint density at radius 1 is 0.833 bits per heavy atom. The van der Waals surface area contributed by atoms with E-state index in [2.05, 4.69) is 13.8 Å². The molecule has 0 aliphatic carbocycles. The molecule has 0 amide bonds. The molecule has 19 atom stereocenters. The lowest BCUT2D eigenvalue weighted by molar-refractivity contribution is -0.365. The fourth-order valence-electron chi connectivity index (χ4n) is 9.67. The molecule has 3 N–H and O–H groups in total. The molecule has 1 spiro atoms. The third kappa shape index (κ3) is 6.21. The molecule has 5 aliphatic heterocycles. The smallest absolute Gasteiger partial charge is 0.179 e. The summed E-state index contributed by atoms with van der Waals surface area (Å²) in [7, 11) is 6.55. The van der Waals surface area contributed by atoms with E-state index in [9.17, 15) is 15.3 Å². The number of aliphatic hydroxyl groups is 3. The van der Waals surface area contributed by atoms with Gasteiger partial charge in [-0.3, -0.25) is 0 Å². The van der Waals surface area contributed by atoms with Crippen LogP contribution in [0.4, 0.5) is 0 Å². The minimum Gasteiger partial charge on any atom is -0.392 e. The standard InChI is InChI=1S/C36H64O12/c1-18-29(37)20(3)35(8,39)47-30(18)25-14-13-23(44-25)24-15-16-28(45-24)34(7)32(42-11)21(4)36(48-34)19(2)26(41-10)17-27(46-36)31(38)33(6,43-12)22(5)40-9/h18-32,37-39H,13-17H2,1-12H3/t18-,19-,20+,21+,22-,23-,24-,25+,26-,27?,28+,29-,30-,31+,32+,33-,34+,35-,36+/m0/s1. The molecule has 48 heavy (non-hydrogen) atoms. The Morgan fingerprint density at radius 3 is 2.06 bits per heavy atom. The van der Waals surface area contributed by atoms with Gasteiger partial charge in [-0.05, 0) is 53.4 Å². The molecule has 5 aliphatic rings. The summed E-state index contributed by atoms with van der Waals surface area (Å²) in [4.78, 5) is 0. The van der Waals surface area contributed by atoms with Crippen molar-refractivity contribution in [2.45, 2.75) is 177 Å². The average molecular weight is 689 g/mol. The molecule has 0 radical (unpaired) electrons. The third-order valence-corrected chi connectivity index (χ3v) is 13.5. The van der Waals surface area contributed by atoms with Gasteiger partial charge in [0, 0.05) is 58.5 Å². The molecule has 0 saturated carbocycles. The zero-order valence-electron chi connectivity index (χ0n) is 31.2. The molecule has 1 unspecified atom stereocenters. The van der Waals surface area contributed by atoms with E-state index >= 15 is 0 Å². The lowest BCUT2D eigenvalue weighted by atomic mass is 9.75. The maximum absolute atomic E-state index is 11.8. The van der Waals surface area contributed by atoms with Crippen molar-refractivity contribution in [2.75, 3.05) is 28.4 Å². The van der Waals surface area contributed by atoms with Crippen LogP contribution in [-0.4, -0.2) is 134 Å². The lowest BCUT2D eigenvalue weighted by Gasteiger charge is -2.52. The van der Waals surface area contributed by atoms with E-state index in [1.807, 2.05) is 27.7 Å². The summed E-state index contributed by atoms with van der Waals surface area (Å²) >= 11 is 0. The summed E-state index contributed by atoms with van der Waals surface area (Å²) in [6.45, 7) is 15.3. The van der Waals surface area contributed by atoms with Gasteiger partial charge in [0.1, 0.15) is 17.3 Å². The molecular formula is C36H64O12. The monoisotopic (exact) mass is 688 g/mol. The second-order valence-corrected chi connectivity index (χ2v) is 15.9. The van der Waals surface area contributed by atoms with Crippen molar-refractivity contribution in [1.82, 2.24) is 0 Å². The van der Waals surface area contributed by atoms with Gasteiger partial charge in [0.25, 0.3) is 0 Å². The lowest BCUT2D eigenvalue weighted by Crippen LogP contribution is -2.64. The van der Waals surface area contributed by atoms with Crippen LogP contribution in [-0.2, 0) is 42.6 Å². The summed E-state index contributed by atoms with van der Waals surface area (Å²) in [5, 5.41) is 33.5. The Labute approximate surface area is 287 Å². The van der Waals surface area contributed by atoms with Gasteiger partial charge in [-0.25, -0.2) is 0 Å². The van der Waals surface area contributed by atoms with Gasteiger partial charge in [0.15, 0.2) is 11.6 Å². The molecular weight excluding hydrogens is 624 g/mol. The van der Waals surface area contributed by atoms with Crippen LogP contribution in [0.3, 0.4) is 0 Å². The van der Waals surface area contributed by atoms with Crippen LogP contribution < -0.4 is 0 Å². The van der Waals surface area contributed by atoms with Crippen molar-refractivity contribution < 1.29 is 58.0 Å². The number of hydrogen-bond donors (Lipinski definition) is 3. The van der Waals surface area contributed by atoms with Gasteiger partial charge >= 0.3 is 0 Å². The van der Waals surface area contributed by atoms with Crippen LogP contribution >= 0.6 is 0 Å². The predicted octanol–water partition coefficient (Wildman–Crippen LogP) is 3.20. The van der Waals surface area contributed by atoms with Crippen molar-refractivity contribution >= 4 is 0 Å². The van der Waals surface area contributed by atoms with E-state index in [1.165, 1.54) is 0 Å². The van der Waals surface area contributed by atoms with Crippen LogP contribution in [0.15, 0.2) is 0 Å². The molecule has 0 aromatic carbocycles. The first kappa shape index (κ1) is 38.7. The van der Waals surface area contributed by atoms with E-state index < -0.39 is 59.2 Å². The number of hydrogen-bond acceptors (Lipinski definition) is 12. The zero-order chi connectivity index (χ0) is 35.6. The van der Waals surface area contributed by atoms with E-state index in [-0.39, 0.29) is 54.4 Å². The molecule has 0 aromatic heterocycles. The highest BCUT2D eigenvalue weighted by Crippen LogP contribution is 2.56. The highest BCUT2D eigenvalue weighted by atomic mass is 16.7. The van der Waals surface area contributed by atoms with Crippen molar-refractivity contribution in [2.24, 2.45) is 23.7 Å². The summed E-state index contributed by atoms with van der Waals surface area (Å²) in [6.07, 6.45) is -1.16. The third-order valence-electron chi connectivity index (χ3n) is 13.5. The van der Waals surface area contributed by atoms with Crippen molar-refractivity contribution in [3.63, 3.8) is 0 Å². The van der Waals surface area contributed by atoms with Crippen LogP contribution in [0, 0.1) is 23.7 Å². The Bertz CT molecular complexity index is 1090. The van der Waals surface area contributed by atoms with Gasteiger partial charge in [-0.1, -0.05) is 27.7 Å². The first-order valence-electron chi connectivity index (χ1n) is 18.0. The van der Waals surface area contributed by atoms with Gasteiger partial charge in [-0.2, -0.15) is 0 Å². The SMILES string of the molecule is CO[C@H]1CC([C@@H](O)[C@@](C)(OC)[C@H](C)OC)O[C@@]2(O[C@](C)([C@H]3CC[C@@H]([C@@H]4CC[C@H]([C@H]5O[C@](C)(O)[C@H](C)[C@@H](O)[C@@H]5C)O4)O3)[C@H](OC)[C@H]2C)[C@H]1C. The normalized spacial score (nSPS) is 52.4. The van der Waals surface area contributed by atoms with E-state index in [0.29, 0.717) is 6.42 Å². The molecule has 5 saturated heterocycles. The van der Waals surface area contributed by atoms with Gasteiger partial charge in [0.2, 0.25) is 0 Å². The maximum Gasteiger partial charge on any atom is 0.179 e. The fourth-order valence-corrected chi connectivity index (χ4v) is 9.67. The topological polar surface area (TPSA) is 144 Å². The number of methoxy groups -OCH3 is 4. The molecule has 5 fully saturated rings. The van der Waals surface area contributed by atoms with Crippen molar-refractivity contribution in [1.29, 1.82) is 0 Å². The van der Waals surface area contributed by atoms with Gasteiger partial charge in [0.05, 0.1) is 61.0 Å². The molecule has 5 heterocycles. The highest BCUT2D eigenvalue weighted by molar-refractivity contribution is 5.13. The predicted molar refractivity (Wildman–Crippen MR) is 175 cm³/mol. The van der Waals surface area contributed by atoms with Crippen LogP contribution in [0.5, 0.6) is 0 Å². The Kier molecular flexibility index (Phi) is 11.4. The fraction of sp³-hybridized carbons (Fsp3) is 1.00. The largest absolute Gasteiger partial charge is 0.392 e. The molecule has 0 aromatic rings. The Balaban J connectivity index is 1.33. The molecule has 5 rings (SSSR count). The number of ether oxygens (including phenoxy) is 9. The minimum absolute atomic E-state index is 0.147. The summed E-state index contributed by atoms with van der Waals surface area (Å²) in [6, 6.07) is 0. The maximum atomic E-state index is 11.8. The quantitative estimate of drug-likeness (QED) is 0.310.